The highest BCUT2D eigenvalue weighted by atomic mass is 16.5. The van der Waals surface area contributed by atoms with Crippen LogP contribution in [0.4, 0.5) is 5.69 Å². The summed E-state index contributed by atoms with van der Waals surface area (Å²) < 4.78 is 5.34. The van der Waals surface area contributed by atoms with Crippen LogP contribution < -0.4 is 10.1 Å². The van der Waals surface area contributed by atoms with Crippen molar-refractivity contribution >= 4 is 5.69 Å². The van der Waals surface area contributed by atoms with Crippen LogP contribution in [-0.2, 0) is 0 Å². The maximum absolute atomic E-state index is 5.34. The Morgan fingerprint density at radius 3 is 2.73 bits per heavy atom. The standard InChI is InChI=1S/C13H19NO/c1-9-4-7-13(15-3)12(8-9)14-10(2)11-5-6-11/h4,7-8,10-11,14H,5-6H2,1-3H3. The molecule has 0 spiro atoms. The minimum absolute atomic E-state index is 0.556. The third-order valence-corrected chi connectivity index (χ3v) is 3.07. The van der Waals surface area contributed by atoms with E-state index in [9.17, 15) is 0 Å². The zero-order valence-corrected chi connectivity index (χ0v) is 9.71. The summed E-state index contributed by atoms with van der Waals surface area (Å²) in [6.45, 7) is 4.35. The predicted molar refractivity (Wildman–Crippen MR) is 63.5 cm³/mol. The Morgan fingerprint density at radius 2 is 2.13 bits per heavy atom. The van der Waals surface area contributed by atoms with Crippen molar-refractivity contribution in [2.24, 2.45) is 5.92 Å². The molecule has 1 atom stereocenters. The summed E-state index contributed by atoms with van der Waals surface area (Å²) in [5.74, 6) is 1.79. The molecule has 1 fully saturated rings. The molecule has 15 heavy (non-hydrogen) atoms. The van der Waals surface area contributed by atoms with Gasteiger partial charge in [-0.05, 0) is 50.3 Å². The molecule has 0 heterocycles. The molecule has 0 aromatic heterocycles. The molecule has 0 aliphatic heterocycles. The van der Waals surface area contributed by atoms with E-state index in [1.165, 1.54) is 18.4 Å². The van der Waals surface area contributed by atoms with Gasteiger partial charge in [0.15, 0.2) is 0 Å². The van der Waals surface area contributed by atoms with Crippen molar-refractivity contribution in [1.29, 1.82) is 0 Å². The summed E-state index contributed by atoms with van der Waals surface area (Å²) >= 11 is 0. The van der Waals surface area contributed by atoms with Gasteiger partial charge in [-0.2, -0.15) is 0 Å². The molecule has 0 saturated heterocycles. The molecule has 1 saturated carbocycles. The highest BCUT2D eigenvalue weighted by Gasteiger charge is 2.28. The van der Waals surface area contributed by atoms with E-state index in [1.54, 1.807) is 7.11 Å². The average Bonchev–Trinajstić information content (AvgIpc) is 3.01. The van der Waals surface area contributed by atoms with Crippen LogP contribution in [0.15, 0.2) is 18.2 Å². The first kappa shape index (κ1) is 10.3. The van der Waals surface area contributed by atoms with Gasteiger partial charge in [-0.25, -0.2) is 0 Å². The largest absolute Gasteiger partial charge is 0.495 e. The summed E-state index contributed by atoms with van der Waals surface area (Å²) in [5.41, 5.74) is 2.39. The predicted octanol–water partition coefficient (Wildman–Crippen LogP) is 3.21. The lowest BCUT2D eigenvalue weighted by Crippen LogP contribution is -2.17. The Labute approximate surface area is 91.6 Å². The molecule has 2 heteroatoms. The van der Waals surface area contributed by atoms with E-state index in [2.05, 4.69) is 31.3 Å². The molecule has 0 amide bonds. The smallest absolute Gasteiger partial charge is 0.141 e. The van der Waals surface area contributed by atoms with Crippen molar-refractivity contribution in [2.75, 3.05) is 12.4 Å². The van der Waals surface area contributed by atoms with Gasteiger partial charge in [-0.1, -0.05) is 6.07 Å². The van der Waals surface area contributed by atoms with Crippen LogP contribution in [0.3, 0.4) is 0 Å². The summed E-state index contributed by atoms with van der Waals surface area (Å²) in [5, 5.41) is 3.54. The minimum Gasteiger partial charge on any atom is -0.495 e. The summed E-state index contributed by atoms with van der Waals surface area (Å²) in [4.78, 5) is 0. The van der Waals surface area contributed by atoms with Gasteiger partial charge in [0.2, 0.25) is 0 Å². The first-order chi connectivity index (χ1) is 7.20. The van der Waals surface area contributed by atoms with Crippen molar-refractivity contribution in [2.45, 2.75) is 32.7 Å². The number of hydrogen-bond donors (Lipinski definition) is 1. The van der Waals surface area contributed by atoms with E-state index in [1.807, 2.05) is 6.07 Å². The summed E-state index contributed by atoms with van der Waals surface area (Å²) in [6.07, 6.45) is 2.73. The highest BCUT2D eigenvalue weighted by molar-refractivity contribution is 5.58. The summed E-state index contributed by atoms with van der Waals surface area (Å²) in [6, 6.07) is 6.81. The first-order valence-corrected chi connectivity index (χ1v) is 5.62. The van der Waals surface area contributed by atoms with Gasteiger partial charge in [0, 0.05) is 6.04 Å². The molecular weight excluding hydrogens is 186 g/mol. The molecular formula is C13H19NO. The monoisotopic (exact) mass is 205 g/mol. The number of ether oxygens (including phenoxy) is 1. The topological polar surface area (TPSA) is 21.3 Å². The van der Waals surface area contributed by atoms with Crippen LogP contribution >= 0.6 is 0 Å². The number of aryl methyl sites for hydroxylation is 1. The van der Waals surface area contributed by atoms with Crippen molar-refractivity contribution in [3.05, 3.63) is 23.8 Å². The van der Waals surface area contributed by atoms with Gasteiger partial charge in [0.1, 0.15) is 5.75 Å². The highest BCUT2D eigenvalue weighted by Crippen LogP contribution is 2.35. The molecule has 1 aromatic carbocycles. The Kier molecular flexibility index (Phi) is 2.85. The van der Waals surface area contributed by atoms with Crippen molar-refractivity contribution in [3.8, 4) is 5.75 Å². The number of hydrogen-bond acceptors (Lipinski definition) is 2. The molecule has 82 valence electrons. The van der Waals surface area contributed by atoms with Gasteiger partial charge >= 0.3 is 0 Å². The van der Waals surface area contributed by atoms with E-state index in [-0.39, 0.29) is 0 Å². The lowest BCUT2D eigenvalue weighted by atomic mass is 10.1. The van der Waals surface area contributed by atoms with Crippen LogP contribution in [0.5, 0.6) is 5.75 Å². The van der Waals surface area contributed by atoms with Crippen molar-refractivity contribution in [1.82, 2.24) is 0 Å². The lowest BCUT2D eigenvalue weighted by molar-refractivity contribution is 0.415. The van der Waals surface area contributed by atoms with Gasteiger partial charge in [0.05, 0.1) is 12.8 Å². The quantitative estimate of drug-likeness (QED) is 0.815. The zero-order valence-electron chi connectivity index (χ0n) is 9.71. The molecule has 1 unspecified atom stereocenters. The average molecular weight is 205 g/mol. The Balaban J connectivity index is 2.13. The van der Waals surface area contributed by atoms with E-state index in [0.717, 1.165) is 17.4 Å². The van der Waals surface area contributed by atoms with E-state index in [0.29, 0.717) is 6.04 Å². The number of nitrogens with one attached hydrogen (secondary N) is 1. The van der Waals surface area contributed by atoms with Crippen LogP contribution in [0.2, 0.25) is 0 Å². The second-order valence-corrected chi connectivity index (χ2v) is 4.47. The zero-order chi connectivity index (χ0) is 10.8. The van der Waals surface area contributed by atoms with E-state index in [4.69, 9.17) is 4.74 Å². The van der Waals surface area contributed by atoms with Crippen molar-refractivity contribution in [3.63, 3.8) is 0 Å². The van der Waals surface area contributed by atoms with Crippen LogP contribution in [0, 0.1) is 12.8 Å². The third-order valence-electron chi connectivity index (χ3n) is 3.07. The number of rotatable bonds is 4. The Hall–Kier alpha value is -1.18. The fraction of sp³-hybridized carbons (Fsp3) is 0.538. The number of anilines is 1. The Bertz CT molecular complexity index is 344. The van der Waals surface area contributed by atoms with Crippen LogP contribution in [0.25, 0.3) is 0 Å². The number of methoxy groups -OCH3 is 1. The van der Waals surface area contributed by atoms with Gasteiger partial charge in [-0.15, -0.1) is 0 Å². The molecule has 0 radical (unpaired) electrons. The van der Waals surface area contributed by atoms with Crippen LogP contribution in [0.1, 0.15) is 25.3 Å². The van der Waals surface area contributed by atoms with Gasteiger partial charge < -0.3 is 10.1 Å². The van der Waals surface area contributed by atoms with E-state index < -0.39 is 0 Å². The number of benzene rings is 1. The molecule has 0 bridgehead atoms. The molecule has 2 nitrogen and oxygen atoms in total. The second kappa shape index (κ2) is 4.13. The molecule has 1 aromatic rings. The first-order valence-electron chi connectivity index (χ1n) is 5.62. The summed E-state index contributed by atoms with van der Waals surface area (Å²) in [7, 11) is 1.72. The van der Waals surface area contributed by atoms with Gasteiger partial charge in [-0.3, -0.25) is 0 Å². The van der Waals surface area contributed by atoms with Gasteiger partial charge in [0.25, 0.3) is 0 Å². The second-order valence-electron chi connectivity index (χ2n) is 4.47. The SMILES string of the molecule is COc1ccc(C)cc1NC(C)C1CC1. The lowest BCUT2D eigenvalue weighted by Gasteiger charge is -2.17. The molecule has 1 aliphatic carbocycles. The van der Waals surface area contributed by atoms with E-state index >= 15 is 0 Å². The normalized spacial score (nSPS) is 17.3. The van der Waals surface area contributed by atoms with Crippen molar-refractivity contribution < 1.29 is 4.74 Å². The molecule has 2 rings (SSSR count). The third kappa shape index (κ3) is 2.44. The maximum Gasteiger partial charge on any atom is 0.141 e. The Morgan fingerprint density at radius 1 is 1.40 bits per heavy atom. The minimum atomic E-state index is 0.556. The van der Waals surface area contributed by atoms with Crippen LogP contribution in [-0.4, -0.2) is 13.2 Å². The molecule has 1 aliphatic rings. The maximum atomic E-state index is 5.34. The molecule has 1 N–H and O–H groups in total. The fourth-order valence-electron chi connectivity index (χ4n) is 1.89. The fourth-order valence-corrected chi connectivity index (χ4v) is 1.89.